The Hall–Kier alpha value is -1.51. The van der Waals surface area contributed by atoms with Crippen molar-refractivity contribution in [2.75, 3.05) is 20.7 Å². The lowest BCUT2D eigenvalue weighted by molar-refractivity contribution is 0.286. The first-order chi connectivity index (χ1) is 9.69. The molecule has 0 aromatic heterocycles. The molecule has 104 valence electrons. The van der Waals surface area contributed by atoms with Gasteiger partial charge in [-0.3, -0.25) is 0 Å². The number of nitrogens with zero attached hydrogens (tertiary/aromatic N) is 1. The predicted octanol–water partition coefficient (Wildman–Crippen LogP) is 3.93. The van der Waals surface area contributed by atoms with Crippen LogP contribution in [-0.2, 0) is 6.54 Å². The second-order valence-electron chi connectivity index (χ2n) is 5.33. The first kappa shape index (κ1) is 13.5. The molecule has 0 aliphatic carbocycles. The number of hydrogen-bond donors (Lipinski definition) is 0. The molecule has 1 aliphatic rings. The van der Waals surface area contributed by atoms with E-state index in [1.807, 2.05) is 18.2 Å². The molecule has 0 N–H and O–H groups in total. The third-order valence-electron chi connectivity index (χ3n) is 3.96. The van der Waals surface area contributed by atoms with Crippen molar-refractivity contribution in [2.24, 2.45) is 0 Å². The molecule has 0 saturated carbocycles. The minimum absolute atomic E-state index is 0.371. The van der Waals surface area contributed by atoms with E-state index in [4.69, 9.17) is 16.3 Å². The number of hydrogen-bond acceptors (Lipinski definition) is 2. The fraction of sp³-hybridized carbons (Fsp3) is 0.294. The smallest absolute Gasteiger partial charge is 0.123 e. The summed E-state index contributed by atoms with van der Waals surface area (Å²) >= 11 is 6.00. The monoisotopic (exact) mass is 287 g/mol. The van der Waals surface area contributed by atoms with E-state index in [1.165, 1.54) is 16.7 Å². The molecule has 0 spiro atoms. The zero-order chi connectivity index (χ0) is 14.1. The van der Waals surface area contributed by atoms with E-state index in [2.05, 4.69) is 36.2 Å². The lowest BCUT2D eigenvalue weighted by Gasteiger charge is -2.33. The van der Waals surface area contributed by atoms with Crippen LogP contribution in [0.15, 0.2) is 42.5 Å². The summed E-state index contributed by atoms with van der Waals surface area (Å²) in [5.74, 6) is 1.35. The molecule has 0 bridgehead atoms. The van der Waals surface area contributed by atoms with Crippen LogP contribution in [0.4, 0.5) is 0 Å². The van der Waals surface area contributed by atoms with Gasteiger partial charge in [0.2, 0.25) is 0 Å². The average Bonchev–Trinajstić information content (AvgIpc) is 2.46. The van der Waals surface area contributed by atoms with Crippen LogP contribution in [-0.4, -0.2) is 25.6 Å². The number of ether oxygens (including phenoxy) is 1. The van der Waals surface area contributed by atoms with E-state index in [1.54, 1.807) is 7.11 Å². The summed E-state index contributed by atoms with van der Waals surface area (Å²) in [7, 11) is 3.89. The predicted molar refractivity (Wildman–Crippen MR) is 82.6 cm³/mol. The molecular formula is C17H18ClNO. The van der Waals surface area contributed by atoms with Crippen LogP contribution >= 0.6 is 11.6 Å². The van der Waals surface area contributed by atoms with Crippen LogP contribution in [0.5, 0.6) is 5.75 Å². The summed E-state index contributed by atoms with van der Waals surface area (Å²) in [5.41, 5.74) is 3.96. The Balaban J connectivity index is 2.08. The first-order valence-corrected chi connectivity index (χ1v) is 7.16. The van der Waals surface area contributed by atoms with Gasteiger partial charge >= 0.3 is 0 Å². The minimum atomic E-state index is 0.371. The summed E-state index contributed by atoms with van der Waals surface area (Å²) < 4.78 is 5.52. The van der Waals surface area contributed by atoms with Gasteiger partial charge in [0, 0.05) is 29.6 Å². The largest absolute Gasteiger partial charge is 0.496 e. The topological polar surface area (TPSA) is 12.5 Å². The van der Waals surface area contributed by atoms with Crippen LogP contribution < -0.4 is 4.74 Å². The van der Waals surface area contributed by atoms with E-state index in [0.29, 0.717) is 5.92 Å². The highest BCUT2D eigenvalue weighted by Gasteiger charge is 2.26. The van der Waals surface area contributed by atoms with Gasteiger partial charge in [-0.25, -0.2) is 0 Å². The molecule has 20 heavy (non-hydrogen) atoms. The number of rotatable bonds is 2. The second-order valence-corrected chi connectivity index (χ2v) is 5.77. The summed E-state index contributed by atoms with van der Waals surface area (Å²) in [5, 5.41) is 0.781. The highest BCUT2D eigenvalue weighted by molar-refractivity contribution is 6.30. The third kappa shape index (κ3) is 2.41. The van der Waals surface area contributed by atoms with Gasteiger partial charge in [0.1, 0.15) is 5.75 Å². The molecule has 2 aromatic carbocycles. The van der Waals surface area contributed by atoms with Gasteiger partial charge in [0.05, 0.1) is 7.11 Å². The quantitative estimate of drug-likeness (QED) is 0.830. The Bertz CT molecular complexity index is 609. The summed E-state index contributed by atoms with van der Waals surface area (Å²) in [4.78, 5) is 2.34. The first-order valence-electron chi connectivity index (χ1n) is 6.79. The maximum absolute atomic E-state index is 6.00. The third-order valence-corrected chi connectivity index (χ3v) is 4.21. The molecule has 0 saturated heterocycles. The molecule has 1 heterocycles. The molecule has 1 atom stereocenters. The molecule has 1 unspecified atom stereocenters. The molecule has 0 amide bonds. The fourth-order valence-corrected chi connectivity index (χ4v) is 3.12. The van der Waals surface area contributed by atoms with E-state index >= 15 is 0 Å². The minimum Gasteiger partial charge on any atom is -0.496 e. The zero-order valence-corrected chi connectivity index (χ0v) is 12.5. The summed E-state index contributed by atoms with van der Waals surface area (Å²) in [6.45, 7) is 1.95. The highest BCUT2D eigenvalue weighted by atomic mass is 35.5. The second kappa shape index (κ2) is 5.47. The summed E-state index contributed by atoms with van der Waals surface area (Å²) in [6.07, 6.45) is 0. The lowest BCUT2D eigenvalue weighted by Crippen LogP contribution is -2.31. The van der Waals surface area contributed by atoms with Crippen LogP contribution in [0.2, 0.25) is 5.02 Å². The maximum atomic E-state index is 6.00. The molecule has 3 rings (SSSR count). The van der Waals surface area contributed by atoms with Gasteiger partial charge in [-0.05, 0) is 36.4 Å². The lowest BCUT2D eigenvalue weighted by atomic mass is 9.84. The van der Waals surface area contributed by atoms with Gasteiger partial charge in [0.25, 0.3) is 0 Å². The van der Waals surface area contributed by atoms with Gasteiger partial charge < -0.3 is 9.64 Å². The van der Waals surface area contributed by atoms with Crippen molar-refractivity contribution in [3.8, 4) is 5.75 Å². The van der Waals surface area contributed by atoms with Crippen molar-refractivity contribution >= 4 is 11.6 Å². The normalized spacial score (nSPS) is 18.6. The van der Waals surface area contributed by atoms with Crippen molar-refractivity contribution in [1.29, 1.82) is 0 Å². The number of methoxy groups -OCH3 is 1. The number of benzene rings is 2. The molecule has 1 aliphatic heterocycles. The summed E-state index contributed by atoms with van der Waals surface area (Å²) in [6, 6.07) is 14.5. The average molecular weight is 288 g/mol. The van der Waals surface area contributed by atoms with Crippen molar-refractivity contribution in [2.45, 2.75) is 12.5 Å². The van der Waals surface area contributed by atoms with Crippen LogP contribution in [0.3, 0.4) is 0 Å². The van der Waals surface area contributed by atoms with Crippen LogP contribution in [0.1, 0.15) is 22.6 Å². The Morgan fingerprint density at radius 1 is 1.15 bits per heavy atom. The fourth-order valence-electron chi connectivity index (χ4n) is 2.99. The molecule has 0 radical (unpaired) electrons. The number of halogens is 1. The van der Waals surface area contributed by atoms with Crippen molar-refractivity contribution in [3.05, 3.63) is 64.2 Å². The maximum Gasteiger partial charge on any atom is 0.123 e. The van der Waals surface area contributed by atoms with Gasteiger partial charge in [-0.15, -0.1) is 0 Å². The van der Waals surface area contributed by atoms with Gasteiger partial charge in [-0.2, -0.15) is 0 Å². The van der Waals surface area contributed by atoms with Gasteiger partial charge in [0.15, 0.2) is 0 Å². The number of likely N-dealkylation sites (N-methyl/N-ethyl adjacent to an activating group) is 1. The van der Waals surface area contributed by atoms with Crippen molar-refractivity contribution in [1.82, 2.24) is 4.90 Å². The SMILES string of the molecule is COc1cccc2c1CN(C)CC2c1ccc(Cl)cc1. The zero-order valence-electron chi connectivity index (χ0n) is 11.8. The Morgan fingerprint density at radius 3 is 2.60 bits per heavy atom. The molecule has 2 aromatic rings. The molecule has 0 fully saturated rings. The van der Waals surface area contributed by atoms with Crippen molar-refractivity contribution in [3.63, 3.8) is 0 Å². The molecule has 2 nitrogen and oxygen atoms in total. The van der Waals surface area contributed by atoms with E-state index < -0.39 is 0 Å². The van der Waals surface area contributed by atoms with Crippen molar-refractivity contribution < 1.29 is 4.74 Å². The molecular weight excluding hydrogens is 270 g/mol. The van der Waals surface area contributed by atoms with Crippen LogP contribution in [0.25, 0.3) is 0 Å². The Kier molecular flexibility index (Phi) is 3.68. The highest BCUT2D eigenvalue weighted by Crippen LogP contribution is 2.37. The Labute approximate surface area is 124 Å². The molecule has 3 heteroatoms. The van der Waals surface area contributed by atoms with Gasteiger partial charge in [-0.1, -0.05) is 35.9 Å². The number of fused-ring (bicyclic) bond motifs is 1. The van der Waals surface area contributed by atoms with E-state index in [0.717, 1.165) is 23.9 Å². The van der Waals surface area contributed by atoms with E-state index in [9.17, 15) is 0 Å². The standard InChI is InChI=1S/C17H18ClNO/c1-19-10-15(12-6-8-13(18)9-7-12)14-4-3-5-17(20-2)16(14)11-19/h3-9,15H,10-11H2,1-2H3. The van der Waals surface area contributed by atoms with E-state index in [-0.39, 0.29) is 0 Å². The Morgan fingerprint density at radius 2 is 1.90 bits per heavy atom. The van der Waals surface area contributed by atoms with Crippen LogP contribution in [0, 0.1) is 0 Å².